The minimum atomic E-state index is 0.0968. The Bertz CT molecular complexity index is 684. The Labute approximate surface area is 158 Å². The summed E-state index contributed by atoms with van der Waals surface area (Å²) in [5.74, 6) is 0.935. The molecule has 1 fully saturated rings. The highest BCUT2D eigenvalue weighted by molar-refractivity contribution is 7.09. The number of morpholine rings is 1. The Morgan fingerprint density at radius 1 is 1.31 bits per heavy atom. The fourth-order valence-electron chi connectivity index (χ4n) is 3.19. The van der Waals surface area contributed by atoms with Crippen LogP contribution in [0.15, 0.2) is 41.8 Å². The summed E-state index contributed by atoms with van der Waals surface area (Å²) in [6, 6.07) is 12.3. The number of methoxy groups -OCH3 is 1. The van der Waals surface area contributed by atoms with Crippen molar-refractivity contribution in [3.05, 3.63) is 52.2 Å². The second-order valence-electron chi connectivity index (χ2n) is 6.32. The molecule has 0 bridgehead atoms. The molecule has 5 nitrogen and oxygen atoms in total. The third-order valence-electron chi connectivity index (χ3n) is 4.64. The molecule has 2 aromatic rings. The Morgan fingerprint density at radius 2 is 2.15 bits per heavy atom. The fraction of sp³-hybridized carbons (Fsp3) is 0.450. The maximum absolute atomic E-state index is 12.3. The summed E-state index contributed by atoms with van der Waals surface area (Å²) < 4.78 is 10.9. The van der Waals surface area contributed by atoms with Gasteiger partial charge in [0.05, 0.1) is 26.4 Å². The van der Waals surface area contributed by atoms with E-state index in [1.807, 2.05) is 23.6 Å². The maximum Gasteiger partial charge on any atom is 0.220 e. The van der Waals surface area contributed by atoms with Crippen LogP contribution >= 0.6 is 11.3 Å². The van der Waals surface area contributed by atoms with Crippen molar-refractivity contribution in [1.29, 1.82) is 0 Å². The molecule has 1 saturated heterocycles. The van der Waals surface area contributed by atoms with E-state index < -0.39 is 0 Å². The van der Waals surface area contributed by atoms with E-state index in [9.17, 15) is 4.79 Å². The van der Waals surface area contributed by atoms with E-state index in [4.69, 9.17) is 9.47 Å². The van der Waals surface area contributed by atoms with Crippen LogP contribution in [0.1, 0.15) is 22.9 Å². The smallest absolute Gasteiger partial charge is 0.220 e. The van der Waals surface area contributed by atoms with Crippen molar-refractivity contribution in [2.45, 2.75) is 18.9 Å². The molecule has 1 aliphatic heterocycles. The zero-order valence-electron chi connectivity index (χ0n) is 15.1. The fourth-order valence-corrected chi connectivity index (χ4v) is 3.90. The number of nitrogens with one attached hydrogen (secondary N) is 1. The molecule has 140 valence electrons. The normalized spacial score (nSPS) is 16.2. The number of aryl methyl sites for hydroxylation is 1. The van der Waals surface area contributed by atoms with Crippen LogP contribution in [0.2, 0.25) is 0 Å². The first kappa shape index (κ1) is 18.9. The van der Waals surface area contributed by atoms with Gasteiger partial charge in [-0.15, -0.1) is 11.3 Å². The molecule has 1 aromatic carbocycles. The lowest BCUT2D eigenvalue weighted by Crippen LogP contribution is -2.43. The first-order valence-corrected chi connectivity index (χ1v) is 9.89. The summed E-state index contributed by atoms with van der Waals surface area (Å²) in [5.41, 5.74) is 1.16. The number of ether oxygens (including phenoxy) is 2. The van der Waals surface area contributed by atoms with Crippen LogP contribution in [0, 0.1) is 0 Å². The molecule has 0 radical (unpaired) electrons. The molecule has 6 heteroatoms. The summed E-state index contributed by atoms with van der Waals surface area (Å²) in [6.45, 7) is 3.79. The third kappa shape index (κ3) is 5.30. The lowest BCUT2D eigenvalue weighted by molar-refractivity contribution is -0.121. The number of hydrogen-bond acceptors (Lipinski definition) is 5. The van der Waals surface area contributed by atoms with Crippen molar-refractivity contribution in [3.63, 3.8) is 0 Å². The monoisotopic (exact) mass is 374 g/mol. The molecule has 0 aliphatic carbocycles. The van der Waals surface area contributed by atoms with Crippen molar-refractivity contribution in [2.75, 3.05) is 40.0 Å². The molecule has 1 aromatic heterocycles. The highest BCUT2D eigenvalue weighted by atomic mass is 32.1. The van der Waals surface area contributed by atoms with E-state index in [0.29, 0.717) is 13.0 Å². The van der Waals surface area contributed by atoms with Crippen LogP contribution in [0.25, 0.3) is 0 Å². The van der Waals surface area contributed by atoms with Crippen LogP contribution in [-0.2, 0) is 16.0 Å². The average Bonchev–Trinajstić information content (AvgIpc) is 3.21. The molecule has 1 unspecified atom stereocenters. The van der Waals surface area contributed by atoms with Crippen molar-refractivity contribution in [1.82, 2.24) is 10.2 Å². The Balaban J connectivity index is 1.62. The third-order valence-corrected chi connectivity index (χ3v) is 5.57. The number of amides is 1. The van der Waals surface area contributed by atoms with E-state index in [2.05, 4.69) is 28.4 Å². The summed E-state index contributed by atoms with van der Waals surface area (Å²) in [4.78, 5) is 15.9. The Morgan fingerprint density at radius 3 is 2.88 bits per heavy atom. The first-order valence-electron chi connectivity index (χ1n) is 9.01. The van der Waals surface area contributed by atoms with Gasteiger partial charge in [-0.05, 0) is 35.6 Å². The minimum Gasteiger partial charge on any atom is -0.497 e. The van der Waals surface area contributed by atoms with Gasteiger partial charge in [-0.2, -0.15) is 0 Å². The van der Waals surface area contributed by atoms with Gasteiger partial charge in [-0.3, -0.25) is 9.69 Å². The molecule has 2 heterocycles. The number of hydrogen-bond donors (Lipinski definition) is 1. The second kappa shape index (κ2) is 9.71. The number of nitrogens with zero attached hydrogens (tertiary/aromatic N) is 1. The van der Waals surface area contributed by atoms with Gasteiger partial charge < -0.3 is 14.8 Å². The molecule has 1 N–H and O–H groups in total. The molecule has 0 spiro atoms. The highest BCUT2D eigenvalue weighted by Gasteiger charge is 2.23. The van der Waals surface area contributed by atoms with Gasteiger partial charge in [0.1, 0.15) is 5.75 Å². The van der Waals surface area contributed by atoms with Crippen LogP contribution < -0.4 is 10.1 Å². The molecule has 26 heavy (non-hydrogen) atoms. The summed E-state index contributed by atoms with van der Waals surface area (Å²) in [6.07, 6.45) is 1.32. The second-order valence-corrected chi connectivity index (χ2v) is 7.36. The summed E-state index contributed by atoms with van der Waals surface area (Å²) in [7, 11) is 1.68. The topological polar surface area (TPSA) is 50.8 Å². The molecule has 3 rings (SSSR count). The Hall–Kier alpha value is -1.89. The molecular formula is C20H26N2O3S. The van der Waals surface area contributed by atoms with E-state index in [1.165, 1.54) is 4.88 Å². The molecule has 1 atom stereocenters. The lowest BCUT2D eigenvalue weighted by atomic mass is 10.0. The van der Waals surface area contributed by atoms with Gasteiger partial charge in [0.15, 0.2) is 0 Å². The number of thiophene rings is 1. The van der Waals surface area contributed by atoms with Gasteiger partial charge >= 0.3 is 0 Å². The summed E-state index contributed by atoms with van der Waals surface area (Å²) in [5, 5.41) is 5.17. The number of rotatable bonds is 8. The lowest BCUT2D eigenvalue weighted by Gasteiger charge is -2.35. The molecular weight excluding hydrogens is 348 g/mol. The SMILES string of the molecule is COc1cccc(C(CNC(=O)CCc2cccs2)N2CCOCC2)c1. The van der Waals surface area contributed by atoms with E-state index >= 15 is 0 Å². The van der Waals surface area contributed by atoms with Crippen LogP contribution in [0.4, 0.5) is 0 Å². The van der Waals surface area contributed by atoms with E-state index in [-0.39, 0.29) is 11.9 Å². The molecule has 0 saturated carbocycles. The van der Waals surface area contributed by atoms with Gasteiger partial charge in [0, 0.05) is 30.9 Å². The van der Waals surface area contributed by atoms with E-state index in [1.54, 1.807) is 18.4 Å². The largest absolute Gasteiger partial charge is 0.497 e. The quantitative estimate of drug-likeness (QED) is 0.772. The van der Waals surface area contributed by atoms with Crippen molar-refractivity contribution in [3.8, 4) is 5.75 Å². The zero-order valence-corrected chi connectivity index (χ0v) is 16.0. The standard InChI is InChI=1S/C20H26N2O3S/c1-24-17-5-2-4-16(14-17)19(22-9-11-25-12-10-22)15-21-20(23)8-7-18-6-3-13-26-18/h2-6,13-14,19H,7-12,15H2,1H3,(H,21,23). The first-order chi connectivity index (χ1) is 12.8. The highest BCUT2D eigenvalue weighted by Crippen LogP contribution is 2.25. The Kier molecular flexibility index (Phi) is 7.05. The number of carbonyl (C=O) groups is 1. The molecule has 1 aliphatic rings. The van der Waals surface area contributed by atoms with Crippen molar-refractivity contribution < 1.29 is 14.3 Å². The minimum absolute atomic E-state index is 0.0968. The van der Waals surface area contributed by atoms with Gasteiger partial charge in [0.2, 0.25) is 5.91 Å². The van der Waals surface area contributed by atoms with Crippen LogP contribution in [0.5, 0.6) is 5.75 Å². The predicted molar refractivity (Wildman–Crippen MR) is 104 cm³/mol. The molecule has 1 amide bonds. The zero-order chi connectivity index (χ0) is 18.2. The van der Waals surface area contributed by atoms with E-state index in [0.717, 1.165) is 44.0 Å². The van der Waals surface area contributed by atoms with Gasteiger partial charge in [-0.25, -0.2) is 0 Å². The predicted octanol–water partition coefficient (Wildman–Crippen LogP) is 2.88. The van der Waals surface area contributed by atoms with Crippen LogP contribution in [-0.4, -0.2) is 50.8 Å². The summed E-state index contributed by atoms with van der Waals surface area (Å²) >= 11 is 1.70. The van der Waals surface area contributed by atoms with Crippen LogP contribution in [0.3, 0.4) is 0 Å². The maximum atomic E-state index is 12.3. The van der Waals surface area contributed by atoms with Gasteiger partial charge in [-0.1, -0.05) is 18.2 Å². The van der Waals surface area contributed by atoms with Crippen molar-refractivity contribution in [2.24, 2.45) is 0 Å². The van der Waals surface area contributed by atoms with Crippen molar-refractivity contribution >= 4 is 17.2 Å². The average molecular weight is 375 g/mol. The number of benzene rings is 1. The number of carbonyl (C=O) groups excluding carboxylic acids is 1. The van der Waals surface area contributed by atoms with Gasteiger partial charge in [0.25, 0.3) is 0 Å².